The summed E-state index contributed by atoms with van der Waals surface area (Å²) in [5.41, 5.74) is 1.22. The Kier molecular flexibility index (Phi) is 7.35. The summed E-state index contributed by atoms with van der Waals surface area (Å²) in [4.78, 5) is 15.0. The number of likely N-dealkylation sites (tertiary alicyclic amines) is 1. The summed E-state index contributed by atoms with van der Waals surface area (Å²) in [6.45, 7) is 3.09. The van der Waals surface area contributed by atoms with E-state index in [-0.39, 0.29) is 11.9 Å². The molecule has 0 aliphatic carbocycles. The van der Waals surface area contributed by atoms with Gasteiger partial charge in [0.1, 0.15) is 0 Å². The van der Waals surface area contributed by atoms with Crippen LogP contribution in [0, 0.1) is 0 Å². The number of nitrogens with zero attached hydrogens (tertiary/aromatic N) is 1. The highest BCUT2D eigenvalue weighted by atomic mass is 16.5. The zero-order valence-electron chi connectivity index (χ0n) is 16.5. The molecule has 2 aliphatic heterocycles. The topological polar surface area (TPSA) is 60.0 Å². The first-order chi connectivity index (χ1) is 13.2. The second-order valence-electron chi connectivity index (χ2n) is 7.39. The van der Waals surface area contributed by atoms with E-state index in [2.05, 4.69) is 16.3 Å². The molecule has 150 valence electrons. The molecule has 1 aromatic rings. The molecule has 2 unspecified atom stereocenters. The Bertz CT molecular complexity index is 616. The van der Waals surface area contributed by atoms with Crippen molar-refractivity contribution in [2.75, 3.05) is 40.5 Å². The van der Waals surface area contributed by atoms with Gasteiger partial charge in [0.15, 0.2) is 11.5 Å². The Morgan fingerprint density at radius 3 is 2.85 bits per heavy atom. The van der Waals surface area contributed by atoms with Crippen molar-refractivity contribution >= 4 is 5.91 Å². The lowest BCUT2D eigenvalue weighted by Crippen LogP contribution is -2.49. The van der Waals surface area contributed by atoms with Gasteiger partial charge in [0.2, 0.25) is 5.91 Å². The highest BCUT2D eigenvalue weighted by Crippen LogP contribution is 2.29. The zero-order chi connectivity index (χ0) is 19.1. The molecule has 2 atom stereocenters. The van der Waals surface area contributed by atoms with Crippen LogP contribution in [-0.2, 0) is 16.0 Å². The van der Waals surface area contributed by atoms with Gasteiger partial charge < -0.3 is 24.4 Å². The summed E-state index contributed by atoms with van der Waals surface area (Å²) >= 11 is 0. The van der Waals surface area contributed by atoms with E-state index < -0.39 is 0 Å². The Morgan fingerprint density at radius 2 is 2.11 bits per heavy atom. The second-order valence-corrected chi connectivity index (χ2v) is 7.39. The van der Waals surface area contributed by atoms with Gasteiger partial charge in [-0.2, -0.15) is 0 Å². The molecule has 0 bridgehead atoms. The fraction of sp³-hybridized carbons (Fsp3) is 0.667. The molecule has 6 nitrogen and oxygen atoms in total. The lowest BCUT2D eigenvalue weighted by molar-refractivity contribution is -0.136. The first-order valence-electron chi connectivity index (χ1n) is 10.0. The highest BCUT2D eigenvalue weighted by Gasteiger charge is 2.28. The summed E-state index contributed by atoms with van der Waals surface area (Å²) < 4.78 is 16.2. The van der Waals surface area contributed by atoms with E-state index in [4.69, 9.17) is 14.2 Å². The normalized spacial score (nSPS) is 23.1. The molecule has 0 aromatic heterocycles. The van der Waals surface area contributed by atoms with Crippen molar-refractivity contribution in [3.63, 3.8) is 0 Å². The predicted octanol–water partition coefficient (Wildman–Crippen LogP) is 2.40. The maximum atomic E-state index is 12.9. The van der Waals surface area contributed by atoms with Crippen molar-refractivity contribution < 1.29 is 19.0 Å². The van der Waals surface area contributed by atoms with Gasteiger partial charge in [-0.05, 0) is 49.8 Å². The van der Waals surface area contributed by atoms with Crippen molar-refractivity contribution in [2.24, 2.45) is 0 Å². The minimum Gasteiger partial charge on any atom is -0.493 e. The average Bonchev–Trinajstić information content (AvgIpc) is 2.73. The van der Waals surface area contributed by atoms with Crippen LogP contribution in [0.15, 0.2) is 18.2 Å². The van der Waals surface area contributed by atoms with E-state index in [1.807, 2.05) is 12.1 Å². The minimum atomic E-state index is 0.152. The smallest absolute Gasteiger partial charge is 0.224 e. The van der Waals surface area contributed by atoms with Gasteiger partial charge in [0.05, 0.1) is 27.4 Å². The summed E-state index contributed by atoms with van der Waals surface area (Å²) in [6.07, 6.45) is 5.84. The van der Waals surface area contributed by atoms with E-state index in [1.165, 1.54) is 12.0 Å². The van der Waals surface area contributed by atoms with Crippen LogP contribution in [0.25, 0.3) is 0 Å². The van der Waals surface area contributed by atoms with E-state index >= 15 is 0 Å². The van der Waals surface area contributed by atoms with E-state index in [1.54, 1.807) is 14.2 Å². The zero-order valence-corrected chi connectivity index (χ0v) is 16.5. The predicted molar refractivity (Wildman–Crippen MR) is 104 cm³/mol. The number of amides is 1. The number of nitrogens with one attached hydrogen (secondary N) is 1. The van der Waals surface area contributed by atoms with Crippen LogP contribution in [0.4, 0.5) is 0 Å². The first-order valence-corrected chi connectivity index (χ1v) is 10.0. The summed E-state index contributed by atoms with van der Waals surface area (Å²) in [5.74, 6) is 1.77. The van der Waals surface area contributed by atoms with Crippen LogP contribution in [0.5, 0.6) is 11.5 Å². The molecular weight excluding hydrogens is 344 g/mol. The lowest BCUT2D eigenvalue weighted by Gasteiger charge is -2.37. The maximum absolute atomic E-state index is 12.9. The van der Waals surface area contributed by atoms with Gasteiger partial charge in [-0.15, -0.1) is 0 Å². The maximum Gasteiger partial charge on any atom is 0.224 e. The van der Waals surface area contributed by atoms with Crippen LogP contribution in [0.3, 0.4) is 0 Å². The van der Waals surface area contributed by atoms with Crippen LogP contribution < -0.4 is 14.8 Å². The molecule has 3 rings (SSSR count). The highest BCUT2D eigenvalue weighted by molar-refractivity contribution is 5.77. The molecule has 1 aromatic carbocycles. The number of ether oxygens (including phenoxy) is 3. The van der Waals surface area contributed by atoms with Crippen molar-refractivity contribution in [2.45, 2.75) is 50.6 Å². The number of morpholine rings is 1. The molecule has 27 heavy (non-hydrogen) atoms. The Balaban J connectivity index is 1.57. The molecular formula is C21H32N2O4. The third-order valence-corrected chi connectivity index (χ3v) is 5.58. The Hall–Kier alpha value is -1.79. The molecule has 0 radical (unpaired) electrons. The van der Waals surface area contributed by atoms with Crippen molar-refractivity contribution in [3.8, 4) is 11.5 Å². The standard InChI is InChI=1S/C21H32N2O4/c1-25-19-9-7-16(13-20(19)26-2)6-8-18-5-3-4-11-23(18)21(24)14-17-15-27-12-10-22-17/h7,9,13,17-18,22H,3-6,8,10-12,14-15H2,1-2H3. The number of benzene rings is 1. The molecule has 2 saturated heterocycles. The third-order valence-electron chi connectivity index (χ3n) is 5.58. The van der Waals surface area contributed by atoms with Gasteiger partial charge in [0, 0.05) is 31.6 Å². The lowest BCUT2D eigenvalue weighted by atomic mass is 9.95. The van der Waals surface area contributed by atoms with Gasteiger partial charge in [-0.25, -0.2) is 0 Å². The number of hydrogen-bond donors (Lipinski definition) is 1. The molecule has 1 amide bonds. The number of methoxy groups -OCH3 is 2. The summed E-state index contributed by atoms with van der Waals surface area (Å²) in [5, 5.41) is 3.39. The van der Waals surface area contributed by atoms with E-state index in [0.717, 1.165) is 56.9 Å². The number of rotatable bonds is 7. The number of carbonyl (C=O) groups excluding carboxylic acids is 1. The molecule has 2 fully saturated rings. The molecule has 2 aliphatic rings. The molecule has 2 heterocycles. The quantitative estimate of drug-likeness (QED) is 0.792. The number of aryl methyl sites for hydroxylation is 1. The van der Waals surface area contributed by atoms with Crippen LogP contribution in [-0.4, -0.2) is 63.4 Å². The van der Waals surface area contributed by atoms with E-state index in [9.17, 15) is 4.79 Å². The van der Waals surface area contributed by atoms with Crippen LogP contribution in [0.2, 0.25) is 0 Å². The number of piperidine rings is 1. The van der Waals surface area contributed by atoms with Crippen LogP contribution in [0.1, 0.15) is 37.7 Å². The second kappa shape index (κ2) is 9.95. The van der Waals surface area contributed by atoms with Crippen molar-refractivity contribution in [3.05, 3.63) is 23.8 Å². The number of hydrogen-bond acceptors (Lipinski definition) is 5. The van der Waals surface area contributed by atoms with E-state index in [0.29, 0.717) is 19.1 Å². The summed E-state index contributed by atoms with van der Waals surface area (Å²) in [7, 11) is 3.31. The first kappa shape index (κ1) is 20.0. The number of carbonyl (C=O) groups is 1. The average molecular weight is 376 g/mol. The van der Waals surface area contributed by atoms with Gasteiger partial charge in [-0.1, -0.05) is 6.07 Å². The third kappa shape index (κ3) is 5.36. The van der Waals surface area contributed by atoms with Gasteiger partial charge in [-0.3, -0.25) is 4.79 Å². The molecule has 6 heteroatoms. The SMILES string of the molecule is COc1ccc(CCC2CCCCN2C(=O)CC2COCCN2)cc1OC. The Morgan fingerprint density at radius 1 is 1.26 bits per heavy atom. The van der Waals surface area contributed by atoms with Crippen molar-refractivity contribution in [1.82, 2.24) is 10.2 Å². The fourth-order valence-electron chi connectivity index (χ4n) is 4.08. The largest absolute Gasteiger partial charge is 0.493 e. The molecule has 1 N–H and O–H groups in total. The molecule has 0 saturated carbocycles. The summed E-state index contributed by atoms with van der Waals surface area (Å²) in [6, 6.07) is 6.55. The van der Waals surface area contributed by atoms with Crippen LogP contribution >= 0.6 is 0 Å². The Labute approximate surface area is 162 Å². The monoisotopic (exact) mass is 376 g/mol. The minimum absolute atomic E-state index is 0.152. The fourth-order valence-corrected chi connectivity index (χ4v) is 4.08. The van der Waals surface area contributed by atoms with Crippen molar-refractivity contribution in [1.29, 1.82) is 0 Å². The molecule has 0 spiro atoms. The van der Waals surface area contributed by atoms with Gasteiger partial charge in [0.25, 0.3) is 0 Å². The van der Waals surface area contributed by atoms with Gasteiger partial charge >= 0.3 is 0 Å².